The van der Waals surface area contributed by atoms with E-state index in [1.165, 1.54) is 44.9 Å². The van der Waals surface area contributed by atoms with Crippen LogP contribution in [0.3, 0.4) is 0 Å². The van der Waals surface area contributed by atoms with E-state index >= 15 is 0 Å². The summed E-state index contributed by atoms with van der Waals surface area (Å²) in [6, 6.07) is 1.74. The van der Waals surface area contributed by atoms with Crippen molar-refractivity contribution in [3.05, 3.63) is 11.9 Å². The van der Waals surface area contributed by atoms with Crippen molar-refractivity contribution in [3.63, 3.8) is 0 Å². The molecule has 0 radical (unpaired) electrons. The Labute approximate surface area is 108 Å². The molecule has 0 atom stereocenters. The van der Waals surface area contributed by atoms with Crippen LogP contribution >= 0.6 is 0 Å². The second-order valence-electron chi connectivity index (χ2n) is 5.58. The number of rotatable bonds is 4. The number of anilines is 1. The molecular weight excluding hydrogens is 226 g/mol. The molecule has 2 aliphatic rings. The lowest BCUT2D eigenvalue weighted by molar-refractivity contribution is 0.202. The van der Waals surface area contributed by atoms with Crippen LogP contribution in [-0.4, -0.2) is 16.6 Å². The maximum Gasteiger partial charge on any atom is 0.218 e. The minimum absolute atomic E-state index is 0.519. The molecular formula is C14H21N3O. The zero-order chi connectivity index (χ0) is 12.4. The Bertz CT molecular complexity index is 412. The first-order valence-corrected chi connectivity index (χ1v) is 7.08. The third kappa shape index (κ3) is 2.92. The molecule has 18 heavy (non-hydrogen) atoms. The second-order valence-corrected chi connectivity index (χ2v) is 5.58. The van der Waals surface area contributed by atoms with E-state index in [4.69, 9.17) is 10.5 Å². The van der Waals surface area contributed by atoms with E-state index in [0.29, 0.717) is 23.5 Å². The molecule has 0 unspecified atom stereocenters. The molecule has 2 N–H and O–H groups in total. The highest BCUT2D eigenvalue weighted by molar-refractivity contribution is 5.34. The van der Waals surface area contributed by atoms with Gasteiger partial charge in [-0.3, -0.25) is 0 Å². The van der Waals surface area contributed by atoms with Crippen molar-refractivity contribution in [2.75, 3.05) is 12.3 Å². The summed E-state index contributed by atoms with van der Waals surface area (Å²) in [5, 5.41) is 0. The fourth-order valence-electron chi connectivity index (χ4n) is 2.62. The number of hydrogen-bond donors (Lipinski definition) is 1. The molecule has 0 aliphatic heterocycles. The summed E-state index contributed by atoms with van der Waals surface area (Å²) < 4.78 is 5.81. The van der Waals surface area contributed by atoms with Crippen molar-refractivity contribution in [3.8, 4) is 5.88 Å². The Hall–Kier alpha value is -1.32. The van der Waals surface area contributed by atoms with Gasteiger partial charge < -0.3 is 10.5 Å². The van der Waals surface area contributed by atoms with Gasteiger partial charge in [0.25, 0.3) is 0 Å². The van der Waals surface area contributed by atoms with E-state index < -0.39 is 0 Å². The number of hydrogen-bond acceptors (Lipinski definition) is 4. The number of nitrogens with zero attached hydrogens (tertiary/aromatic N) is 2. The standard InChI is InChI=1S/C14H21N3O/c15-12-8-13(17-14(16-12)11-6-7-11)18-9-10-4-2-1-3-5-10/h8,10-11H,1-7,9H2,(H2,15,16,17). The van der Waals surface area contributed by atoms with Gasteiger partial charge in [-0.25, -0.2) is 4.98 Å². The van der Waals surface area contributed by atoms with Crippen molar-refractivity contribution in [1.82, 2.24) is 9.97 Å². The fraction of sp³-hybridized carbons (Fsp3) is 0.714. The van der Waals surface area contributed by atoms with Crippen LogP contribution in [-0.2, 0) is 0 Å². The lowest BCUT2D eigenvalue weighted by atomic mass is 9.90. The Morgan fingerprint density at radius 2 is 1.89 bits per heavy atom. The number of nitrogens with two attached hydrogens (primary N) is 1. The predicted molar refractivity (Wildman–Crippen MR) is 70.5 cm³/mol. The lowest BCUT2D eigenvalue weighted by Crippen LogP contribution is -2.16. The van der Waals surface area contributed by atoms with E-state index in [1.54, 1.807) is 6.07 Å². The summed E-state index contributed by atoms with van der Waals surface area (Å²) in [6.45, 7) is 0.778. The van der Waals surface area contributed by atoms with Crippen molar-refractivity contribution >= 4 is 5.82 Å². The Morgan fingerprint density at radius 3 is 2.61 bits per heavy atom. The zero-order valence-electron chi connectivity index (χ0n) is 10.8. The van der Waals surface area contributed by atoms with Crippen LogP contribution in [0.15, 0.2) is 6.07 Å². The molecule has 0 amide bonds. The van der Waals surface area contributed by atoms with Crippen LogP contribution in [0.1, 0.15) is 56.7 Å². The quantitative estimate of drug-likeness (QED) is 0.888. The van der Waals surface area contributed by atoms with Gasteiger partial charge in [-0.1, -0.05) is 19.3 Å². The summed E-state index contributed by atoms with van der Waals surface area (Å²) in [5.74, 6) is 3.28. The smallest absolute Gasteiger partial charge is 0.218 e. The van der Waals surface area contributed by atoms with E-state index in [0.717, 1.165) is 12.4 Å². The molecule has 0 aromatic carbocycles. The molecule has 0 spiro atoms. The maximum atomic E-state index is 5.81. The van der Waals surface area contributed by atoms with Gasteiger partial charge in [-0.2, -0.15) is 4.98 Å². The van der Waals surface area contributed by atoms with Gasteiger partial charge in [0.15, 0.2) is 0 Å². The van der Waals surface area contributed by atoms with Gasteiger partial charge in [0.05, 0.1) is 6.61 Å². The molecule has 2 fully saturated rings. The third-order valence-electron chi connectivity index (χ3n) is 3.87. The van der Waals surface area contributed by atoms with Crippen molar-refractivity contribution in [1.29, 1.82) is 0 Å². The highest BCUT2D eigenvalue weighted by Gasteiger charge is 2.27. The van der Waals surface area contributed by atoms with Gasteiger partial charge in [0.2, 0.25) is 5.88 Å². The molecule has 1 aromatic rings. The monoisotopic (exact) mass is 247 g/mol. The molecule has 2 aliphatic carbocycles. The minimum Gasteiger partial charge on any atom is -0.477 e. The average molecular weight is 247 g/mol. The van der Waals surface area contributed by atoms with E-state index in [1.807, 2.05) is 0 Å². The predicted octanol–water partition coefficient (Wildman–Crippen LogP) is 2.90. The molecule has 0 bridgehead atoms. The average Bonchev–Trinajstić information content (AvgIpc) is 3.21. The first-order valence-electron chi connectivity index (χ1n) is 7.08. The van der Waals surface area contributed by atoms with Crippen molar-refractivity contribution in [2.24, 2.45) is 5.92 Å². The van der Waals surface area contributed by atoms with Gasteiger partial charge in [-0.15, -0.1) is 0 Å². The van der Waals surface area contributed by atoms with Crippen LogP contribution in [0.2, 0.25) is 0 Å². The first-order chi connectivity index (χ1) is 8.81. The maximum absolute atomic E-state index is 5.81. The summed E-state index contributed by atoms with van der Waals surface area (Å²) in [5.41, 5.74) is 5.80. The molecule has 1 aromatic heterocycles. The van der Waals surface area contributed by atoms with Crippen LogP contribution in [0.5, 0.6) is 5.88 Å². The van der Waals surface area contributed by atoms with Crippen molar-refractivity contribution < 1.29 is 4.74 Å². The van der Waals surface area contributed by atoms with E-state index in [9.17, 15) is 0 Å². The Balaban J connectivity index is 1.60. The van der Waals surface area contributed by atoms with Gasteiger partial charge in [0, 0.05) is 12.0 Å². The SMILES string of the molecule is Nc1cc(OCC2CCCCC2)nc(C2CC2)n1. The lowest BCUT2D eigenvalue weighted by Gasteiger charge is -2.21. The first kappa shape index (κ1) is 11.8. The summed E-state index contributed by atoms with van der Waals surface area (Å²) in [7, 11) is 0. The Morgan fingerprint density at radius 1 is 1.11 bits per heavy atom. The highest BCUT2D eigenvalue weighted by Crippen LogP contribution is 2.38. The van der Waals surface area contributed by atoms with Crippen LogP contribution in [0.4, 0.5) is 5.82 Å². The molecule has 2 saturated carbocycles. The number of nitrogen functional groups attached to an aromatic ring is 1. The fourth-order valence-corrected chi connectivity index (χ4v) is 2.62. The molecule has 3 rings (SSSR count). The normalized spacial score (nSPS) is 20.9. The van der Waals surface area contributed by atoms with Crippen molar-refractivity contribution in [2.45, 2.75) is 50.9 Å². The number of aromatic nitrogens is 2. The third-order valence-corrected chi connectivity index (χ3v) is 3.87. The summed E-state index contributed by atoms with van der Waals surface area (Å²) in [4.78, 5) is 8.74. The topological polar surface area (TPSA) is 61.0 Å². The van der Waals surface area contributed by atoms with Crippen LogP contribution in [0, 0.1) is 5.92 Å². The molecule has 1 heterocycles. The van der Waals surface area contributed by atoms with Gasteiger partial charge in [0.1, 0.15) is 11.6 Å². The molecule has 4 nitrogen and oxygen atoms in total. The summed E-state index contributed by atoms with van der Waals surface area (Å²) in [6.07, 6.45) is 9.01. The zero-order valence-corrected chi connectivity index (χ0v) is 10.8. The largest absolute Gasteiger partial charge is 0.477 e. The Kier molecular flexibility index (Phi) is 3.35. The second kappa shape index (κ2) is 5.12. The minimum atomic E-state index is 0.519. The molecule has 4 heteroatoms. The van der Waals surface area contributed by atoms with Crippen LogP contribution < -0.4 is 10.5 Å². The molecule has 0 saturated heterocycles. The highest BCUT2D eigenvalue weighted by atomic mass is 16.5. The van der Waals surface area contributed by atoms with Gasteiger partial charge in [-0.05, 0) is 31.6 Å². The van der Waals surface area contributed by atoms with E-state index in [2.05, 4.69) is 9.97 Å². The van der Waals surface area contributed by atoms with Crippen LogP contribution in [0.25, 0.3) is 0 Å². The molecule has 98 valence electrons. The van der Waals surface area contributed by atoms with Gasteiger partial charge >= 0.3 is 0 Å². The van der Waals surface area contributed by atoms with E-state index in [-0.39, 0.29) is 0 Å². The number of ether oxygens (including phenoxy) is 1. The summed E-state index contributed by atoms with van der Waals surface area (Å²) >= 11 is 0.